The minimum Gasteiger partial charge on any atom is -0.449 e. The third kappa shape index (κ3) is 4.34. The number of rotatable bonds is 5. The molecule has 1 fully saturated rings. The standard InChI is InChI=1S/C21H21ClN2O4/c1-13-17(22)8-4-9-18(13)23-20(26)14(2)28-21(27)15-6-3-7-16(12-15)24-11-5-10-19(24)25/h3-4,6-9,12,14H,5,10-11H2,1-2H3,(H,23,26)/t14-/m1/s1. The summed E-state index contributed by atoms with van der Waals surface area (Å²) >= 11 is 6.06. The second kappa shape index (κ2) is 8.44. The van der Waals surface area contributed by atoms with Crippen molar-refractivity contribution in [1.29, 1.82) is 0 Å². The van der Waals surface area contributed by atoms with Gasteiger partial charge in [-0.2, -0.15) is 0 Å². The number of esters is 1. The summed E-state index contributed by atoms with van der Waals surface area (Å²) in [6, 6.07) is 11.9. The molecule has 2 amide bonds. The summed E-state index contributed by atoms with van der Waals surface area (Å²) in [5.74, 6) is -1.04. The SMILES string of the molecule is Cc1c(Cl)cccc1NC(=O)[C@@H](C)OC(=O)c1cccc(N2CCCC2=O)c1. The molecule has 0 bridgehead atoms. The maximum atomic E-state index is 12.5. The van der Waals surface area contributed by atoms with Gasteiger partial charge in [0.05, 0.1) is 5.56 Å². The molecule has 2 aromatic rings. The van der Waals surface area contributed by atoms with Crippen LogP contribution in [0.2, 0.25) is 5.02 Å². The zero-order valence-electron chi connectivity index (χ0n) is 15.7. The maximum absolute atomic E-state index is 12.5. The summed E-state index contributed by atoms with van der Waals surface area (Å²) in [6.07, 6.45) is 0.311. The Morgan fingerprint density at radius 2 is 1.96 bits per heavy atom. The Balaban J connectivity index is 1.66. The third-order valence-electron chi connectivity index (χ3n) is 4.65. The predicted octanol–water partition coefficient (Wildman–Crippen LogP) is 3.96. The molecule has 1 aliphatic rings. The van der Waals surface area contributed by atoms with Crippen LogP contribution in [0.5, 0.6) is 0 Å². The predicted molar refractivity (Wildman–Crippen MR) is 108 cm³/mol. The van der Waals surface area contributed by atoms with E-state index in [0.717, 1.165) is 12.0 Å². The lowest BCUT2D eigenvalue weighted by atomic mass is 10.2. The average Bonchev–Trinajstić information content (AvgIpc) is 3.11. The molecule has 28 heavy (non-hydrogen) atoms. The van der Waals surface area contributed by atoms with Gasteiger partial charge in [-0.3, -0.25) is 9.59 Å². The molecule has 1 atom stereocenters. The van der Waals surface area contributed by atoms with Crippen molar-refractivity contribution in [3.8, 4) is 0 Å². The number of amides is 2. The largest absolute Gasteiger partial charge is 0.449 e. The van der Waals surface area contributed by atoms with Crippen molar-refractivity contribution in [3.05, 3.63) is 58.6 Å². The fourth-order valence-corrected chi connectivity index (χ4v) is 3.16. The molecule has 1 N–H and O–H groups in total. The number of halogens is 1. The number of nitrogens with one attached hydrogen (secondary N) is 1. The van der Waals surface area contributed by atoms with Gasteiger partial charge in [-0.05, 0) is 56.2 Å². The van der Waals surface area contributed by atoms with Crippen LogP contribution in [0, 0.1) is 6.92 Å². The third-order valence-corrected chi connectivity index (χ3v) is 5.06. The van der Waals surface area contributed by atoms with Gasteiger partial charge >= 0.3 is 5.97 Å². The lowest BCUT2D eigenvalue weighted by Crippen LogP contribution is -2.30. The van der Waals surface area contributed by atoms with Crippen LogP contribution >= 0.6 is 11.6 Å². The highest BCUT2D eigenvalue weighted by Gasteiger charge is 2.24. The van der Waals surface area contributed by atoms with Crippen LogP contribution in [0.25, 0.3) is 0 Å². The summed E-state index contributed by atoms with van der Waals surface area (Å²) in [5, 5.41) is 3.25. The molecule has 2 aromatic carbocycles. The Kier molecular flexibility index (Phi) is 5.99. The van der Waals surface area contributed by atoms with E-state index in [1.165, 1.54) is 6.92 Å². The molecule has 0 radical (unpaired) electrons. The molecule has 146 valence electrons. The molecule has 0 spiro atoms. The van der Waals surface area contributed by atoms with Crippen molar-refractivity contribution in [2.24, 2.45) is 0 Å². The van der Waals surface area contributed by atoms with Crippen molar-refractivity contribution in [2.45, 2.75) is 32.8 Å². The van der Waals surface area contributed by atoms with Crippen LogP contribution in [0.15, 0.2) is 42.5 Å². The average molecular weight is 401 g/mol. The molecular formula is C21H21ClN2O4. The Morgan fingerprint density at radius 1 is 1.21 bits per heavy atom. The summed E-state index contributed by atoms with van der Waals surface area (Å²) < 4.78 is 5.30. The normalized spacial score (nSPS) is 14.7. The Bertz CT molecular complexity index is 928. The first-order valence-corrected chi connectivity index (χ1v) is 9.42. The van der Waals surface area contributed by atoms with Gasteiger partial charge in [0.2, 0.25) is 5.91 Å². The number of hydrogen-bond donors (Lipinski definition) is 1. The highest BCUT2D eigenvalue weighted by atomic mass is 35.5. The summed E-state index contributed by atoms with van der Waals surface area (Å²) in [5.41, 5.74) is 2.24. The fourth-order valence-electron chi connectivity index (χ4n) is 2.98. The first kappa shape index (κ1) is 19.9. The molecule has 6 nitrogen and oxygen atoms in total. The van der Waals surface area contributed by atoms with Crippen molar-refractivity contribution in [3.63, 3.8) is 0 Å². The molecule has 0 aromatic heterocycles. The summed E-state index contributed by atoms with van der Waals surface area (Å²) in [4.78, 5) is 38.4. The van der Waals surface area contributed by atoms with E-state index >= 15 is 0 Å². The van der Waals surface area contributed by atoms with Crippen molar-refractivity contribution < 1.29 is 19.1 Å². The maximum Gasteiger partial charge on any atom is 0.338 e. The Morgan fingerprint density at radius 3 is 2.68 bits per heavy atom. The van der Waals surface area contributed by atoms with E-state index in [0.29, 0.717) is 29.4 Å². The van der Waals surface area contributed by atoms with Crippen molar-refractivity contribution in [1.82, 2.24) is 0 Å². The lowest BCUT2D eigenvalue weighted by molar-refractivity contribution is -0.123. The van der Waals surface area contributed by atoms with Gasteiger partial charge in [0.15, 0.2) is 6.10 Å². The van der Waals surface area contributed by atoms with Gasteiger partial charge in [-0.1, -0.05) is 23.7 Å². The number of anilines is 2. The molecule has 1 saturated heterocycles. The van der Waals surface area contributed by atoms with Gasteiger partial charge in [-0.25, -0.2) is 4.79 Å². The van der Waals surface area contributed by atoms with E-state index in [4.69, 9.17) is 16.3 Å². The molecule has 0 unspecified atom stereocenters. The molecule has 3 rings (SSSR count). The van der Waals surface area contributed by atoms with Crippen LogP contribution in [-0.2, 0) is 14.3 Å². The van der Waals surface area contributed by atoms with E-state index < -0.39 is 18.0 Å². The molecule has 7 heteroatoms. The van der Waals surface area contributed by atoms with Crippen LogP contribution in [0.3, 0.4) is 0 Å². The van der Waals surface area contributed by atoms with Crippen molar-refractivity contribution in [2.75, 3.05) is 16.8 Å². The van der Waals surface area contributed by atoms with Gasteiger partial charge in [-0.15, -0.1) is 0 Å². The number of ether oxygens (including phenoxy) is 1. The zero-order valence-corrected chi connectivity index (χ0v) is 16.5. The monoisotopic (exact) mass is 400 g/mol. The van der Waals surface area contributed by atoms with E-state index in [1.807, 2.05) is 0 Å². The van der Waals surface area contributed by atoms with E-state index in [2.05, 4.69) is 5.32 Å². The van der Waals surface area contributed by atoms with E-state index in [1.54, 1.807) is 54.3 Å². The van der Waals surface area contributed by atoms with Crippen LogP contribution in [-0.4, -0.2) is 30.4 Å². The number of benzene rings is 2. The fraction of sp³-hybridized carbons (Fsp3) is 0.286. The van der Waals surface area contributed by atoms with E-state index in [9.17, 15) is 14.4 Å². The highest BCUT2D eigenvalue weighted by molar-refractivity contribution is 6.31. The summed E-state index contributed by atoms with van der Waals surface area (Å²) in [6.45, 7) is 3.93. The smallest absolute Gasteiger partial charge is 0.338 e. The first-order valence-electron chi connectivity index (χ1n) is 9.04. The number of carbonyl (C=O) groups excluding carboxylic acids is 3. The molecular weight excluding hydrogens is 380 g/mol. The number of carbonyl (C=O) groups is 3. The molecule has 1 heterocycles. The minimum absolute atomic E-state index is 0.0372. The molecule has 0 aliphatic carbocycles. The molecule has 0 saturated carbocycles. The quantitative estimate of drug-likeness (QED) is 0.771. The minimum atomic E-state index is -0.997. The lowest BCUT2D eigenvalue weighted by Gasteiger charge is -2.17. The van der Waals surface area contributed by atoms with Gasteiger partial charge in [0.1, 0.15) is 0 Å². The topological polar surface area (TPSA) is 75.7 Å². The first-order chi connectivity index (χ1) is 13.4. The van der Waals surface area contributed by atoms with Gasteiger partial charge in [0, 0.05) is 29.4 Å². The Hall–Kier alpha value is -2.86. The number of hydrogen-bond acceptors (Lipinski definition) is 4. The highest BCUT2D eigenvalue weighted by Crippen LogP contribution is 2.24. The zero-order chi connectivity index (χ0) is 20.3. The van der Waals surface area contributed by atoms with Crippen LogP contribution in [0.4, 0.5) is 11.4 Å². The molecule has 1 aliphatic heterocycles. The van der Waals surface area contributed by atoms with Gasteiger partial charge in [0.25, 0.3) is 5.91 Å². The van der Waals surface area contributed by atoms with Crippen LogP contribution in [0.1, 0.15) is 35.7 Å². The van der Waals surface area contributed by atoms with Crippen LogP contribution < -0.4 is 10.2 Å². The van der Waals surface area contributed by atoms with E-state index in [-0.39, 0.29) is 11.5 Å². The number of nitrogens with zero attached hydrogens (tertiary/aromatic N) is 1. The van der Waals surface area contributed by atoms with Crippen molar-refractivity contribution >= 4 is 40.8 Å². The summed E-state index contributed by atoms with van der Waals surface area (Å²) in [7, 11) is 0. The second-order valence-corrected chi connectivity index (χ2v) is 7.06. The van der Waals surface area contributed by atoms with Gasteiger partial charge < -0.3 is 15.0 Å². The second-order valence-electron chi connectivity index (χ2n) is 6.65. The Labute approximate surface area is 168 Å².